The van der Waals surface area contributed by atoms with Gasteiger partial charge in [0.05, 0.1) is 16.6 Å². The zero-order chi connectivity index (χ0) is 15.1. The van der Waals surface area contributed by atoms with E-state index in [4.69, 9.17) is 5.11 Å². The quantitative estimate of drug-likeness (QED) is 0.938. The van der Waals surface area contributed by atoms with E-state index in [-0.39, 0.29) is 11.3 Å². The van der Waals surface area contributed by atoms with E-state index in [0.717, 1.165) is 10.9 Å². The van der Waals surface area contributed by atoms with Crippen molar-refractivity contribution >= 4 is 26.7 Å². The molecule has 0 saturated heterocycles. The number of benzene rings is 1. The smallest absolute Gasteiger partial charge is 0.335 e. The average Bonchev–Trinajstić information content (AvgIpc) is 2.65. The van der Waals surface area contributed by atoms with E-state index in [0.29, 0.717) is 5.69 Å². The van der Waals surface area contributed by atoms with Gasteiger partial charge in [0, 0.05) is 18.3 Å². The molecular weight excluding hydrogens is 278 g/mol. The van der Waals surface area contributed by atoms with Crippen LogP contribution in [0.2, 0.25) is 0 Å². The van der Waals surface area contributed by atoms with Gasteiger partial charge >= 0.3 is 5.97 Å². The Morgan fingerprint density at radius 3 is 2.50 bits per heavy atom. The number of fused-ring (bicyclic) bond motifs is 1. The van der Waals surface area contributed by atoms with Crippen molar-refractivity contribution in [3.8, 4) is 0 Å². The van der Waals surface area contributed by atoms with Gasteiger partial charge in [-0.3, -0.25) is 0 Å². The molecule has 0 aliphatic carbocycles. The van der Waals surface area contributed by atoms with Crippen LogP contribution in [0.3, 0.4) is 0 Å². The van der Waals surface area contributed by atoms with Crippen molar-refractivity contribution in [2.75, 3.05) is 0 Å². The molecule has 0 amide bonds. The largest absolute Gasteiger partial charge is 0.478 e. The number of aromatic carboxylic acids is 1. The summed E-state index contributed by atoms with van der Waals surface area (Å²) in [7, 11) is -1.44. The molecule has 0 radical (unpaired) electrons. The summed E-state index contributed by atoms with van der Waals surface area (Å²) in [5, 5.41) is 9.40. The van der Waals surface area contributed by atoms with Gasteiger partial charge in [-0.2, -0.15) is 0 Å². The van der Waals surface area contributed by atoms with Crippen LogP contribution in [0.25, 0.3) is 10.9 Å². The fourth-order valence-electron chi connectivity index (χ4n) is 2.03. The van der Waals surface area contributed by atoms with Crippen molar-refractivity contribution in [1.29, 1.82) is 0 Å². The Hall–Kier alpha value is -1.82. The van der Waals surface area contributed by atoms with E-state index in [1.54, 1.807) is 43.7 Å². The minimum atomic E-state index is -3.19. The van der Waals surface area contributed by atoms with Crippen molar-refractivity contribution in [3.05, 3.63) is 35.5 Å². The van der Waals surface area contributed by atoms with Crippen LogP contribution in [0.4, 0.5) is 0 Å². The molecule has 0 atom stereocenters. The molecule has 0 bridgehead atoms. The third kappa shape index (κ3) is 2.56. The fourth-order valence-corrected chi connectivity index (χ4v) is 3.05. The number of nitrogens with zero attached hydrogens (tertiary/aromatic N) is 1. The first-order chi connectivity index (χ1) is 9.22. The summed E-state index contributed by atoms with van der Waals surface area (Å²) in [5.41, 5.74) is 1.58. The predicted octanol–water partition coefficient (Wildman–Crippen LogP) is 2.20. The summed E-state index contributed by atoms with van der Waals surface area (Å²) in [6.07, 6.45) is 0. The third-order valence-corrected chi connectivity index (χ3v) is 5.59. The molecule has 108 valence electrons. The van der Waals surface area contributed by atoms with E-state index in [1.807, 2.05) is 0 Å². The number of rotatable bonds is 4. The molecule has 0 aliphatic heterocycles. The van der Waals surface area contributed by atoms with Crippen LogP contribution in [-0.4, -0.2) is 29.3 Å². The van der Waals surface area contributed by atoms with E-state index < -0.39 is 21.1 Å². The highest BCUT2D eigenvalue weighted by Crippen LogP contribution is 2.22. The standard InChI is InChI=1S/C14H17NO4S/c1-9(2)20(18,19)8-12-6-10-4-5-11(14(16)17)7-13(10)15(12)3/h4-7,9H,8H2,1-3H3,(H,16,17). The van der Waals surface area contributed by atoms with Crippen LogP contribution in [0.15, 0.2) is 24.3 Å². The molecule has 1 aromatic carbocycles. The van der Waals surface area contributed by atoms with Gasteiger partial charge in [-0.1, -0.05) is 6.07 Å². The summed E-state index contributed by atoms with van der Waals surface area (Å²) < 4.78 is 25.7. The highest BCUT2D eigenvalue weighted by Gasteiger charge is 2.19. The SMILES string of the molecule is CC(C)S(=O)(=O)Cc1cc2ccc(C(=O)O)cc2n1C. The minimum Gasteiger partial charge on any atom is -0.478 e. The monoisotopic (exact) mass is 295 g/mol. The summed E-state index contributed by atoms with van der Waals surface area (Å²) in [5.74, 6) is -1.04. The molecule has 20 heavy (non-hydrogen) atoms. The number of carbonyl (C=O) groups is 1. The minimum absolute atomic E-state index is 0.0434. The molecular formula is C14H17NO4S. The highest BCUT2D eigenvalue weighted by molar-refractivity contribution is 7.91. The number of hydrogen-bond acceptors (Lipinski definition) is 3. The first-order valence-electron chi connectivity index (χ1n) is 6.25. The molecule has 1 heterocycles. The van der Waals surface area contributed by atoms with E-state index in [1.165, 1.54) is 6.07 Å². The molecule has 1 aromatic heterocycles. The summed E-state index contributed by atoms with van der Waals surface area (Å²) in [6.45, 7) is 3.31. The second kappa shape index (κ2) is 4.94. The molecule has 0 fully saturated rings. The number of aryl methyl sites for hydroxylation is 1. The number of sulfone groups is 1. The summed E-state index contributed by atoms with van der Waals surface area (Å²) >= 11 is 0. The van der Waals surface area contributed by atoms with Crippen LogP contribution in [0.1, 0.15) is 29.9 Å². The van der Waals surface area contributed by atoms with Crippen molar-refractivity contribution in [2.45, 2.75) is 24.9 Å². The van der Waals surface area contributed by atoms with Crippen LogP contribution >= 0.6 is 0 Å². The lowest BCUT2D eigenvalue weighted by molar-refractivity contribution is 0.0697. The molecule has 1 N–H and O–H groups in total. The molecule has 5 nitrogen and oxygen atoms in total. The van der Waals surface area contributed by atoms with Crippen LogP contribution in [0.5, 0.6) is 0 Å². The number of aromatic nitrogens is 1. The lowest BCUT2D eigenvalue weighted by Gasteiger charge is -2.08. The first kappa shape index (κ1) is 14.6. The van der Waals surface area contributed by atoms with Crippen LogP contribution in [0, 0.1) is 0 Å². The van der Waals surface area contributed by atoms with Gasteiger partial charge in [-0.25, -0.2) is 13.2 Å². The lowest BCUT2D eigenvalue weighted by atomic mass is 10.1. The van der Waals surface area contributed by atoms with Gasteiger partial charge in [0.1, 0.15) is 0 Å². The molecule has 0 saturated carbocycles. The number of hydrogen-bond donors (Lipinski definition) is 1. The Kier molecular flexibility index (Phi) is 3.60. The highest BCUT2D eigenvalue weighted by atomic mass is 32.2. The molecule has 6 heteroatoms. The lowest BCUT2D eigenvalue weighted by Crippen LogP contribution is -2.17. The topological polar surface area (TPSA) is 76.4 Å². The van der Waals surface area contributed by atoms with Gasteiger partial charge < -0.3 is 9.67 Å². The second-order valence-electron chi connectivity index (χ2n) is 5.13. The fraction of sp³-hybridized carbons (Fsp3) is 0.357. The normalized spacial score (nSPS) is 12.2. The Labute approximate surface area is 117 Å². The second-order valence-corrected chi connectivity index (χ2v) is 7.69. The Balaban J connectivity index is 2.52. The predicted molar refractivity (Wildman–Crippen MR) is 77.6 cm³/mol. The zero-order valence-corrected chi connectivity index (χ0v) is 12.4. The van der Waals surface area contributed by atoms with Gasteiger partial charge in [0.2, 0.25) is 0 Å². The molecule has 2 rings (SSSR count). The average molecular weight is 295 g/mol. The zero-order valence-electron chi connectivity index (χ0n) is 11.6. The summed E-state index contributed by atoms with van der Waals surface area (Å²) in [6, 6.07) is 6.57. The van der Waals surface area contributed by atoms with Gasteiger partial charge in [0.15, 0.2) is 9.84 Å². The Morgan fingerprint density at radius 2 is 1.95 bits per heavy atom. The van der Waals surface area contributed by atoms with E-state index >= 15 is 0 Å². The maximum Gasteiger partial charge on any atom is 0.335 e. The molecule has 0 spiro atoms. The number of carboxylic acid groups (broad SMARTS) is 1. The van der Waals surface area contributed by atoms with Crippen molar-refractivity contribution in [2.24, 2.45) is 7.05 Å². The van der Waals surface area contributed by atoms with Crippen LogP contribution < -0.4 is 0 Å². The maximum atomic E-state index is 12.0. The molecule has 0 unspecified atom stereocenters. The van der Waals surface area contributed by atoms with Gasteiger partial charge in [-0.05, 0) is 37.4 Å². The third-order valence-electron chi connectivity index (χ3n) is 3.46. The Bertz CT molecular complexity index is 772. The van der Waals surface area contributed by atoms with E-state index in [9.17, 15) is 13.2 Å². The van der Waals surface area contributed by atoms with Gasteiger partial charge in [0.25, 0.3) is 0 Å². The summed E-state index contributed by atoms with van der Waals surface area (Å²) in [4.78, 5) is 11.0. The molecule has 2 aromatic rings. The van der Waals surface area contributed by atoms with Crippen molar-refractivity contribution < 1.29 is 18.3 Å². The van der Waals surface area contributed by atoms with E-state index in [2.05, 4.69) is 0 Å². The number of carboxylic acids is 1. The maximum absolute atomic E-state index is 12.0. The first-order valence-corrected chi connectivity index (χ1v) is 7.97. The van der Waals surface area contributed by atoms with Crippen molar-refractivity contribution in [1.82, 2.24) is 4.57 Å². The van der Waals surface area contributed by atoms with Gasteiger partial charge in [-0.15, -0.1) is 0 Å². The van der Waals surface area contributed by atoms with Crippen molar-refractivity contribution in [3.63, 3.8) is 0 Å². The Morgan fingerprint density at radius 1 is 1.30 bits per heavy atom. The molecule has 0 aliphatic rings. The van der Waals surface area contributed by atoms with Crippen LogP contribution in [-0.2, 0) is 22.6 Å².